The molecule has 27 heavy (non-hydrogen) atoms. The Morgan fingerprint density at radius 3 is 2.44 bits per heavy atom. The SMILES string of the molecule is Cc1cc(Cl)ccc1-n1c(C=Cc2ccccc2)nc2ccccc2c1=O. The van der Waals surface area contributed by atoms with Crippen molar-refractivity contribution in [3.63, 3.8) is 0 Å². The predicted molar refractivity (Wildman–Crippen MR) is 112 cm³/mol. The minimum atomic E-state index is -0.0984. The van der Waals surface area contributed by atoms with E-state index in [9.17, 15) is 4.79 Å². The molecule has 0 bridgehead atoms. The Labute approximate surface area is 162 Å². The minimum Gasteiger partial charge on any atom is -0.268 e. The second-order valence-electron chi connectivity index (χ2n) is 6.30. The van der Waals surface area contributed by atoms with Crippen LogP contribution in [0.3, 0.4) is 0 Å². The van der Waals surface area contributed by atoms with Crippen LogP contribution in [-0.4, -0.2) is 9.55 Å². The number of rotatable bonds is 3. The van der Waals surface area contributed by atoms with Gasteiger partial charge in [-0.15, -0.1) is 0 Å². The average molecular weight is 373 g/mol. The highest BCUT2D eigenvalue weighted by Crippen LogP contribution is 2.21. The predicted octanol–water partition coefficient (Wildman–Crippen LogP) is 5.52. The van der Waals surface area contributed by atoms with E-state index < -0.39 is 0 Å². The van der Waals surface area contributed by atoms with Gasteiger partial charge in [-0.3, -0.25) is 9.36 Å². The van der Waals surface area contributed by atoms with Gasteiger partial charge in [0.2, 0.25) is 0 Å². The molecule has 0 aliphatic carbocycles. The zero-order valence-corrected chi connectivity index (χ0v) is 15.5. The lowest BCUT2D eigenvalue weighted by molar-refractivity contribution is 0.934. The highest BCUT2D eigenvalue weighted by molar-refractivity contribution is 6.30. The van der Waals surface area contributed by atoms with Gasteiger partial charge in [0.15, 0.2) is 0 Å². The van der Waals surface area contributed by atoms with Crippen LogP contribution in [0.25, 0.3) is 28.7 Å². The van der Waals surface area contributed by atoms with Crippen molar-refractivity contribution in [3.8, 4) is 5.69 Å². The third-order valence-corrected chi connectivity index (χ3v) is 4.66. The summed E-state index contributed by atoms with van der Waals surface area (Å²) < 4.78 is 1.65. The van der Waals surface area contributed by atoms with Crippen LogP contribution in [0.15, 0.2) is 77.6 Å². The summed E-state index contributed by atoms with van der Waals surface area (Å²) >= 11 is 6.10. The molecule has 1 aromatic heterocycles. The molecule has 0 aliphatic heterocycles. The molecule has 3 nitrogen and oxygen atoms in total. The number of halogens is 1. The molecule has 0 aliphatic rings. The van der Waals surface area contributed by atoms with Crippen LogP contribution < -0.4 is 5.56 Å². The maximum absolute atomic E-state index is 13.3. The lowest BCUT2D eigenvalue weighted by Gasteiger charge is -2.14. The van der Waals surface area contributed by atoms with Gasteiger partial charge in [0, 0.05) is 5.02 Å². The van der Waals surface area contributed by atoms with Crippen molar-refractivity contribution in [1.82, 2.24) is 9.55 Å². The fourth-order valence-corrected chi connectivity index (χ4v) is 3.33. The third kappa shape index (κ3) is 3.42. The molecule has 132 valence electrons. The fraction of sp³-hybridized carbons (Fsp3) is 0.0435. The van der Waals surface area contributed by atoms with E-state index >= 15 is 0 Å². The van der Waals surface area contributed by atoms with Gasteiger partial charge in [-0.25, -0.2) is 4.98 Å². The van der Waals surface area contributed by atoms with Crippen LogP contribution in [0.4, 0.5) is 0 Å². The molecular weight excluding hydrogens is 356 g/mol. The quantitative estimate of drug-likeness (QED) is 0.474. The first-order chi connectivity index (χ1) is 13.1. The molecule has 0 saturated carbocycles. The first-order valence-electron chi connectivity index (χ1n) is 8.65. The van der Waals surface area contributed by atoms with E-state index in [-0.39, 0.29) is 5.56 Å². The van der Waals surface area contributed by atoms with Gasteiger partial charge >= 0.3 is 0 Å². The van der Waals surface area contributed by atoms with Crippen LogP contribution in [0.5, 0.6) is 0 Å². The number of nitrogens with zero attached hydrogens (tertiary/aromatic N) is 2. The second-order valence-corrected chi connectivity index (χ2v) is 6.74. The van der Waals surface area contributed by atoms with Gasteiger partial charge in [-0.05, 0) is 54.5 Å². The molecular formula is C23H17ClN2O. The van der Waals surface area contributed by atoms with Gasteiger partial charge < -0.3 is 0 Å². The van der Waals surface area contributed by atoms with Crippen molar-refractivity contribution in [1.29, 1.82) is 0 Å². The van der Waals surface area contributed by atoms with E-state index in [0.29, 0.717) is 21.7 Å². The summed E-state index contributed by atoms with van der Waals surface area (Å²) in [5.41, 5.74) is 3.31. The summed E-state index contributed by atoms with van der Waals surface area (Å²) in [5.74, 6) is 0.577. The van der Waals surface area contributed by atoms with E-state index in [2.05, 4.69) is 0 Å². The number of aryl methyl sites for hydroxylation is 1. The summed E-state index contributed by atoms with van der Waals surface area (Å²) in [6.07, 6.45) is 3.83. The Balaban J connectivity index is 1.98. The molecule has 0 saturated heterocycles. The standard InChI is InChI=1S/C23H17ClN2O/c1-16-15-18(24)12-13-21(16)26-22(14-11-17-7-3-2-4-8-17)25-20-10-6-5-9-19(20)23(26)27/h2-15H,1H3. The first-order valence-corrected chi connectivity index (χ1v) is 9.03. The zero-order chi connectivity index (χ0) is 18.8. The molecule has 4 rings (SSSR count). The Morgan fingerprint density at radius 2 is 1.67 bits per heavy atom. The zero-order valence-electron chi connectivity index (χ0n) is 14.8. The number of aromatic nitrogens is 2. The summed E-state index contributed by atoms with van der Waals surface area (Å²) in [6, 6.07) is 22.8. The summed E-state index contributed by atoms with van der Waals surface area (Å²) in [4.78, 5) is 18.0. The minimum absolute atomic E-state index is 0.0984. The van der Waals surface area contributed by atoms with Crippen LogP contribution in [0.1, 0.15) is 17.0 Å². The topological polar surface area (TPSA) is 34.9 Å². The van der Waals surface area contributed by atoms with E-state index in [0.717, 1.165) is 16.8 Å². The number of fused-ring (bicyclic) bond motifs is 1. The first kappa shape index (κ1) is 17.3. The maximum Gasteiger partial charge on any atom is 0.266 e. The lowest BCUT2D eigenvalue weighted by Crippen LogP contribution is -2.23. The molecule has 0 N–H and O–H groups in total. The Kier molecular flexibility index (Phi) is 4.61. The third-order valence-electron chi connectivity index (χ3n) is 4.43. The number of hydrogen-bond donors (Lipinski definition) is 0. The average Bonchev–Trinajstić information content (AvgIpc) is 2.68. The molecule has 3 aromatic carbocycles. The molecule has 0 fully saturated rings. The molecule has 0 atom stereocenters. The van der Waals surface area contributed by atoms with E-state index in [1.807, 2.05) is 79.7 Å². The Morgan fingerprint density at radius 1 is 0.926 bits per heavy atom. The Bertz CT molecular complexity index is 1210. The molecule has 1 heterocycles. The van der Waals surface area contributed by atoms with Crippen molar-refractivity contribution >= 4 is 34.7 Å². The van der Waals surface area contributed by atoms with Crippen LogP contribution in [0, 0.1) is 6.92 Å². The van der Waals surface area contributed by atoms with Gasteiger partial charge in [0.1, 0.15) is 5.82 Å². The molecule has 4 heteroatoms. The second kappa shape index (κ2) is 7.22. The lowest BCUT2D eigenvalue weighted by atomic mass is 10.1. The Hall–Kier alpha value is -3.17. The van der Waals surface area contributed by atoms with Crippen molar-refractivity contribution < 1.29 is 0 Å². The molecule has 0 unspecified atom stereocenters. The monoisotopic (exact) mass is 372 g/mol. The summed E-state index contributed by atoms with van der Waals surface area (Å²) in [6.45, 7) is 1.94. The molecule has 0 amide bonds. The fourth-order valence-electron chi connectivity index (χ4n) is 3.10. The molecule has 0 radical (unpaired) electrons. The van der Waals surface area contributed by atoms with Gasteiger partial charge in [-0.1, -0.05) is 60.1 Å². The van der Waals surface area contributed by atoms with Gasteiger partial charge in [0.25, 0.3) is 5.56 Å². The molecule has 0 spiro atoms. The van der Waals surface area contributed by atoms with Crippen molar-refractivity contribution in [2.75, 3.05) is 0 Å². The van der Waals surface area contributed by atoms with Crippen molar-refractivity contribution in [2.45, 2.75) is 6.92 Å². The number of para-hydroxylation sites is 1. The van der Waals surface area contributed by atoms with E-state index in [1.165, 1.54) is 0 Å². The van der Waals surface area contributed by atoms with Crippen LogP contribution in [0.2, 0.25) is 5.02 Å². The van der Waals surface area contributed by atoms with E-state index in [1.54, 1.807) is 16.7 Å². The largest absolute Gasteiger partial charge is 0.268 e. The summed E-state index contributed by atoms with van der Waals surface area (Å²) in [5, 5.41) is 1.23. The van der Waals surface area contributed by atoms with E-state index in [4.69, 9.17) is 16.6 Å². The van der Waals surface area contributed by atoms with Crippen molar-refractivity contribution in [2.24, 2.45) is 0 Å². The van der Waals surface area contributed by atoms with Gasteiger partial charge in [0.05, 0.1) is 16.6 Å². The number of benzene rings is 3. The highest BCUT2D eigenvalue weighted by atomic mass is 35.5. The summed E-state index contributed by atoms with van der Waals surface area (Å²) in [7, 11) is 0. The normalized spacial score (nSPS) is 11.3. The number of hydrogen-bond acceptors (Lipinski definition) is 2. The van der Waals surface area contributed by atoms with Gasteiger partial charge in [-0.2, -0.15) is 0 Å². The van der Waals surface area contributed by atoms with Crippen LogP contribution >= 0.6 is 11.6 Å². The maximum atomic E-state index is 13.3. The molecule has 4 aromatic rings. The highest BCUT2D eigenvalue weighted by Gasteiger charge is 2.12. The van der Waals surface area contributed by atoms with Crippen molar-refractivity contribution in [3.05, 3.63) is 105 Å². The van der Waals surface area contributed by atoms with Crippen LogP contribution in [-0.2, 0) is 0 Å². The smallest absolute Gasteiger partial charge is 0.266 e.